The Bertz CT molecular complexity index is 387. The lowest BCUT2D eigenvalue weighted by molar-refractivity contribution is -0.130. The molecule has 0 bridgehead atoms. The predicted molar refractivity (Wildman–Crippen MR) is 53.5 cm³/mol. The molecule has 0 spiro atoms. The van der Waals surface area contributed by atoms with E-state index in [1.165, 1.54) is 0 Å². The van der Waals surface area contributed by atoms with Crippen molar-refractivity contribution in [1.29, 1.82) is 0 Å². The minimum atomic E-state index is -3.55. The number of hydrogen-bond acceptors (Lipinski definition) is 4. The highest BCUT2D eigenvalue weighted by atomic mass is 32.2. The van der Waals surface area contributed by atoms with Crippen LogP contribution in [0, 0.1) is 5.92 Å². The van der Waals surface area contributed by atoms with Crippen molar-refractivity contribution in [3.8, 4) is 0 Å². The van der Waals surface area contributed by atoms with Gasteiger partial charge in [-0.15, -0.1) is 0 Å². The number of sulfonamides is 1. The number of hydrogen-bond donors (Lipinski definition) is 0. The van der Waals surface area contributed by atoms with Crippen LogP contribution in [0.2, 0.25) is 0 Å². The molecule has 1 rings (SSSR count). The van der Waals surface area contributed by atoms with E-state index in [-0.39, 0.29) is 24.9 Å². The molecule has 1 fully saturated rings. The first-order valence-electron chi connectivity index (χ1n) is 4.58. The van der Waals surface area contributed by atoms with Crippen molar-refractivity contribution in [2.75, 3.05) is 19.3 Å². The Morgan fingerprint density at radius 3 is 2.20 bits per heavy atom. The number of imide groups is 1. The van der Waals surface area contributed by atoms with Gasteiger partial charge in [-0.25, -0.2) is 17.5 Å². The average Bonchev–Trinajstić information content (AvgIpc) is 2.44. The quantitative estimate of drug-likeness (QED) is 0.667. The summed E-state index contributed by atoms with van der Waals surface area (Å²) in [6.45, 7) is 3.52. The molecule has 7 heteroatoms. The van der Waals surface area contributed by atoms with E-state index in [0.29, 0.717) is 4.31 Å². The van der Waals surface area contributed by atoms with Crippen LogP contribution in [0.25, 0.3) is 0 Å². The molecule has 0 atom stereocenters. The van der Waals surface area contributed by atoms with Crippen LogP contribution in [-0.2, 0) is 14.8 Å². The SMILES string of the molecule is CC(C)C(=O)N1CCN(S(C)(=O)=O)C1=O. The van der Waals surface area contributed by atoms with Crippen molar-refractivity contribution in [2.24, 2.45) is 5.92 Å². The van der Waals surface area contributed by atoms with Crippen molar-refractivity contribution in [3.63, 3.8) is 0 Å². The normalized spacial score (nSPS) is 17.7. The molecule has 0 saturated carbocycles. The zero-order valence-corrected chi connectivity index (χ0v) is 9.74. The lowest BCUT2D eigenvalue weighted by atomic mass is 10.2. The summed E-state index contributed by atoms with van der Waals surface area (Å²) in [4.78, 5) is 24.0. The van der Waals surface area contributed by atoms with Crippen LogP contribution in [0.3, 0.4) is 0 Å². The van der Waals surface area contributed by atoms with Crippen molar-refractivity contribution in [2.45, 2.75) is 13.8 Å². The molecule has 6 nitrogen and oxygen atoms in total. The largest absolute Gasteiger partial charge is 0.340 e. The second kappa shape index (κ2) is 3.80. The lowest BCUT2D eigenvalue weighted by Crippen LogP contribution is -2.40. The predicted octanol–water partition coefficient (Wildman–Crippen LogP) is -0.134. The lowest BCUT2D eigenvalue weighted by Gasteiger charge is -2.17. The Balaban J connectivity index is 2.87. The first-order valence-corrected chi connectivity index (χ1v) is 6.43. The first kappa shape index (κ1) is 12.0. The van der Waals surface area contributed by atoms with Crippen LogP contribution in [0.5, 0.6) is 0 Å². The number of amides is 3. The maximum atomic E-state index is 11.5. The summed E-state index contributed by atoms with van der Waals surface area (Å²) in [7, 11) is -3.55. The summed E-state index contributed by atoms with van der Waals surface area (Å²) in [6.07, 6.45) is 0.953. The Morgan fingerprint density at radius 2 is 1.87 bits per heavy atom. The van der Waals surface area contributed by atoms with Gasteiger partial charge in [-0.2, -0.15) is 0 Å². The molecule has 0 radical (unpaired) electrons. The van der Waals surface area contributed by atoms with E-state index in [4.69, 9.17) is 0 Å². The molecule has 0 aromatic heterocycles. The van der Waals surface area contributed by atoms with Crippen LogP contribution < -0.4 is 0 Å². The fraction of sp³-hybridized carbons (Fsp3) is 0.750. The summed E-state index contributed by atoms with van der Waals surface area (Å²) in [5, 5.41) is 0. The van der Waals surface area contributed by atoms with Gasteiger partial charge in [0.05, 0.1) is 12.8 Å². The molecule has 0 aromatic rings. The van der Waals surface area contributed by atoms with E-state index in [0.717, 1.165) is 11.2 Å². The van der Waals surface area contributed by atoms with Crippen LogP contribution in [0.15, 0.2) is 0 Å². The monoisotopic (exact) mass is 234 g/mol. The zero-order chi connectivity index (χ0) is 11.8. The Labute approximate surface area is 88.9 Å². The van der Waals surface area contributed by atoms with Gasteiger partial charge in [0.15, 0.2) is 0 Å². The molecule has 1 saturated heterocycles. The van der Waals surface area contributed by atoms with E-state index in [1.54, 1.807) is 13.8 Å². The Hall–Kier alpha value is -1.11. The molecule has 0 aromatic carbocycles. The van der Waals surface area contributed by atoms with Gasteiger partial charge in [-0.3, -0.25) is 9.69 Å². The number of carbonyl (C=O) groups excluding carboxylic acids is 2. The maximum Gasteiger partial charge on any atom is 0.340 e. The van der Waals surface area contributed by atoms with Crippen molar-refractivity contribution < 1.29 is 18.0 Å². The Kier molecular flexibility index (Phi) is 3.03. The fourth-order valence-corrected chi connectivity index (χ4v) is 2.14. The molecule has 1 aliphatic heterocycles. The second-order valence-electron chi connectivity index (χ2n) is 3.76. The van der Waals surface area contributed by atoms with Gasteiger partial charge in [0, 0.05) is 12.5 Å². The minimum absolute atomic E-state index is 0.0517. The molecular formula is C8H14N2O4S. The highest BCUT2D eigenvalue weighted by molar-refractivity contribution is 7.88. The number of carbonyl (C=O) groups is 2. The summed E-state index contributed by atoms with van der Waals surface area (Å²) in [5.74, 6) is -0.653. The maximum absolute atomic E-state index is 11.5. The average molecular weight is 234 g/mol. The van der Waals surface area contributed by atoms with E-state index in [2.05, 4.69) is 0 Å². The van der Waals surface area contributed by atoms with Crippen LogP contribution >= 0.6 is 0 Å². The smallest absolute Gasteiger partial charge is 0.274 e. The summed E-state index contributed by atoms with van der Waals surface area (Å²) in [5.41, 5.74) is 0. The summed E-state index contributed by atoms with van der Waals surface area (Å²) < 4.78 is 23.0. The van der Waals surface area contributed by atoms with Crippen LogP contribution in [-0.4, -0.2) is 48.9 Å². The molecule has 15 heavy (non-hydrogen) atoms. The molecular weight excluding hydrogens is 220 g/mol. The molecule has 86 valence electrons. The first-order chi connectivity index (χ1) is 6.75. The molecule has 1 heterocycles. The molecule has 0 aliphatic carbocycles. The van der Waals surface area contributed by atoms with Gasteiger partial charge in [0.25, 0.3) is 0 Å². The van der Waals surface area contributed by atoms with Gasteiger partial charge < -0.3 is 0 Å². The minimum Gasteiger partial charge on any atom is -0.274 e. The van der Waals surface area contributed by atoms with E-state index in [1.807, 2.05) is 0 Å². The summed E-state index contributed by atoms with van der Waals surface area (Å²) in [6, 6.07) is -0.740. The van der Waals surface area contributed by atoms with E-state index < -0.39 is 16.1 Å². The second-order valence-corrected chi connectivity index (χ2v) is 5.67. The van der Waals surface area contributed by atoms with Crippen molar-refractivity contribution >= 4 is 22.0 Å². The number of urea groups is 1. The third-order valence-corrected chi connectivity index (χ3v) is 3.27. The van der Waals surface area contributed by atoms with Gasteiger partial charge in [-0.05, 0) is 0 Å². The third kappa shape index (κ3) is 2.28. The van der Waals surface area contributed by atoms with Gasteiger partial charge in [-0.1, -0.05) is 13.8 Å². The zero-order valence-electron chi connectivity index (χ0n) is 8.93. The highest BCUT2D eigenvalue weighted by Gasteiger charge is 2.38. The fourth-order valence-electron chi connectivity index (χ4n) is 1.34. The number of nitrogens with zero attached hydrogens (tertiary/aromatic N) is 2. The highest BCUT2D eigenvalue weighted by Crippen LogP contribution is 2.15. The van der Waals surface area contributed by atoms with Gasteiger partial charge in [0.1, 0.15) is 0 Å². The molecule has 3 amide bonds. The van der Waals surface area contributed by atoms with Gasteiger partial charge >= 0.3 is 6.03 Å². The van der Waals surface area contributed by atoms with E-state index >= 15 is 0 Å². The Morgan fingerprint density at radius 1 is 1.33 bits per heavy atom. The van der Waals surface area contributed by atoms with Crippen molar-refractivity contribution in [3.05, 3.63) is 0 Å². The van der Waals surface area contributed by atoms with E-state index in [9.17, 15) is 18.0 Å². The van der Waals surface area contributed by atoms with Crippen molar-refractivity contribution in [1.82, 2.24) is 9.21 Å². The molecule has 0 N–H and O–H groups in total. The third-order valence-electron chi connectivity index (χ3n) is 2.13. The molecule has 1 aliphatic rings. The standard InChI is InChI=1S/C8H14N2O4S/c1-6(2)7(11)9-4-5-10(8(9)12)15(3,13)14/h6H,4-5H2,1-3H3. The molecule has 0 unspecified atom stereocenters. The van der Waals surface area contributed by atoms with Gasteiger partial charge in [0.2, 0.25) is 15.9 Å². The summed E-state index contributed by atoms with van der Waals surface area (Å²) >= 11 is 0. The van der Waals surface area contributed by atoms with Crippen LogP contribution in [0.1, 0.15) is 13.8 Å². The topological polar surface area (TPSA) is 74.8 Å². The number of rotatable bonds is 2. The van der Waals surface area contributed by atoms with Crippen LogP contribution in [0.4, 0.5) is 4.79 Å².